The predicted molar refractivity (Wildman–Crippen MR) is 114 cm³/mol. The van der Waals surface area contributed by atoms with E-state index in [-0.39, 0.29) is 11.9 Å². The summed E-state index contributed by atoms with van der Waals surface area (Å²) in [5.41, 5.74) is 3.10. The van der Waals surface area contributed by atoms with Crippen LogP contribution in [0.2, 0.25) is 0 Å². The van der Waals surface area contributed by atoms with Gasteiger partial charge in [0.15, 0.2) is 0 Å². The van der Waals surface area contributed by atoms with Crippen LogP contribution in [0.25, 0.3) is 0 Å². The molecule has 2 aromatic carbocycles. The first-order valence-electron chi connectivity index (χ1n) is 10.1. The minimum atomic E-state index is -0.0870. The molecule has 2 aromatic rings. The fraction of sp³-hybridized carbons (Fsp3) is 0.391. The molecule has 0 radical (unpaired) electrons. The van der Waals surface area contributed by atoms with Gasteiger partial charge < -0.3 is 9.64 Å². The first-order valence-corrected chi connectivity index (χ1v) is 10.1. The van der Waals surface area contributed by atoms with Crippen LogP contribution in [0.15, 0.2) is 59.7 Å². The van der Waals surface area contributed by atoms with E-state index in [0.717, 1.165) is 48.8 Å². The molecular weight excluding hydrogens is 364 g/mol. The van der Waals surface area contributed by atoms with E-state index in [0.29, 0.717) is 13.0 Å². The van der Waals surface area contributed by atoms with Crippen LogP contribution < -0.4 is 4.74 Å². The molecule has 6 heteroatoms. The Morgan fingerprint density at radius 2 is 1.72 bits per heavy atom. The van der Waals surface area contributed by atoms with Crippen LogP contribution in [-0.4, -0.2) is 73.3 Å². The van der Waals surface area contributed by atoms with Gasteiger partial charge in [0, 0.05) is 32.6 Å². The fourth-order valence-electron chi connectivity index (χ4n) is 3.90. The first kappa shape index (κ1) is 19.6. The molecule has 1 amide bonds. The summed E-state index contributed by atoms with van der Waals surface area (Å²) in [6, 6.07) is 18.0. The topological polar surface area (TPSA) is 48.4 Å². The van der Waals surface area contributed by atoms with E-state index in [9.17, 15) is 4.79 Å². The lowest BCUT2D eigenvalue weighted by Gasteiger charge is -2.33. The van der Waals surface area contributed by atoms with E-state index in [1.54, 1.807) is 12.1 Å². The largest absolute Gasteiger partial charge is 0.497 e. The van der Waals surface area contributed by atoms with E-state index in [1.807, 2.05) is 42.5 Å². The number of hydrogen-bond acceptors (Lipinski definition) is 5. The molecule has 0 unspecified atom stereocenters. The highest BCUT2D eigenvalue weighted by atomic mass is 16.5. The van der Waals surface area contributed by atoms with Crippen molar-refractivity contribution in [1.82, 2.24) is 14.8 Å². The van der Waals surface area contributed by atoms with Gasteiger partial charge in [0.1, 0.15) is 5.75 Å². The van der Waals surface area contributed by atoms with Gasteiger partial charge in [0.05, 0.1) is 25.4 Å². The number of likely N-dealkylation sites (N-methyl/N-ethyl adjacent to an activating group) is 1. The highest BCUT2D eigenvalue weighted by molar-refractivity contribution is 6.03. The van der Waals surface area contributed by atoms with E-state index in [1.165, 1.54) is 0 Å². The Morgan fingerprint density at radius 1 is 1.03 bits per heavy atom. The summed E-state index contributed by atoms with van der Waals surface area (Å²) in [5.74, 6) is 0.868. The maximum atomic E-state index is 13.2. The standard InChI is InChI=1S/C23H28N4O2/c1-25-12-14-26(15-13-25)17-23(28)27-22(19-8-10-20(29-2)11-9-19)16-21(24-27)18-6-4-3-5-7-18/h3-11,22H,12-17H2,1-2H3/t22-/m1/s1. The van der Waals surface area contributed by atoms with Crippen molar-refractivity contribution in [2.24, 2.45) is 5.10 Å². The maximum absolute atomic E-state index is 13.2. The first-order chi connectivity index (χ1) is 14.1. The van der Waals surface area contributed by atoms with Gasteiger partial charge in [-0.3, -0.25) is 9.69 Å². The van der Waals surface area contributed by atoms with Crippen molar-refractivity contribution < 1.29 is 9.53 Å². The summed E-state index contributed by atoms with van der Waals surface area (Å²) in [5, 5.41) is 6.47. The molecule has 1 saturated heterocycles. The van der Waals surface area contributed by atoms with Crippen LogP contribution in [0.5, 0.6) is 5.75 Å². The van der Waals surface area contributed by atoms with Crippen LogP contribution in [0.1, 0.15) is 23.6 Å². The van der Waals surface area contributed by atoms with E-state index in [4.69, 9.17) is 9.84 Å². The van der Waals surface area contributed by atoms with Gasteiger partial charge in [-0.05, 0) is 30.3 Å². The smallest absolute Gasteiger partial charge is 0.257 e. The zero-order valence-corrected chi connectivity index (χ0v) is 17.1. The van der Waals surface area contributed by atoms with Crippen molar-refractivity contribution in [2.75, 3.05) is 46.9 Å². The Bertz CT molecular complexity index is 858. The number of methoxy groups -OCH3 is 1. The second kappa shape index (κ2) is 8.76. The van der Waals surface area contributed by atoms with Crippen molar-refractivity contribution in [2.45, 2.75) is 12.5 Å². The van der Waals surface area contributed by atoms with Crippen molar-refractivity contribution in [3.8, 4) is 5.75 Å². The second-order valence-corrected chi connectivity index (χ2v) is 7.72. The molecule has 29 heavy (non-hydrogen) atoms. The molecule has 4 rings (SSSR count). The highest BCUT2D eigenvalue weighted by Gasteiger charge is 2.34. The summed E-state index contributed by atoms with van der Waals surface area (Å²) in [6.45, 7) is 4.23. The molecule has 0 aliphatic carbocycles. The number of hydrazone groups is 1. The normalized spacial score (nSPS) is 20.6. The quantitative estimate of drug-likeness (QED) is 0.785. The van der Waals surface area contributed by atoms with Crippen LogP contribution >= 0.6 is 0 Å². The number of ether oxygens (including phenoxy) is 1. The number of amides is 1. The number of nitrogens with zero attached hydrogens (tertiary/aromatic N) is 4. The molecule has 1 fully saturated rings. The van der Waals surface area contributed by atoms with Gasteiger partial charge in [-0.2, -0.15) is 5.10 Å². The second-order valence-electron chi connectivity index (χ2n) is 7.72. The van der Waals surface area contributed by atoms with Crippen LogP contribution in [0.3, 0.4) is 0 Å². The molecule has 1 atom stereocenters. The average molecular weight is 393 g/mol. The number of rotatable bonds is 5. The highest BCUT2D eigenvalue weighted by Crippen LogP contribution is 2.33. The van der Waals surface area contributed by atoms with E-state index in [2.05, 4.69) is 29.0 Å². The fourth-order valence-corrected chi connectivity index (χ4v) is 3.90. The minimum Gasteiger partial charge on any atom is -0.497 e. The summed E-state index contributed by atoms with van der Waals surface area (Å²) >= 11 is 0. The van der Waals surface area contributed by atoms with E-state index < -0.39 is 0 Å². The van der Waals surface area contributed by atoms with Gasteiger partial charge >= 0.3 is 0 Å². The molecule has 2 aliphatic rings. The van der Waals surface area contributed by atoms with Crippen LogP contribution in [0.4, 0.5) is 0 Å². The van der Waals surface area contributed by atoms with Gasteiger partial charge in [-0.25, -0.2) is 5.01 Å². The summed E-state index contributed by atoms with van der Waals surface area (Å²) in [4.78, 5) is 17.7. The van der Waals surface area contributed by atoms with Crippen LogP contribution in [0, 0.1) is 0 Å². The van der Waals surface area contributed by atoms with E-state index >= 15 is 0 Å². The SMILES string of the molecule is COc1ccc([C@H]2CC(c3ccccc3)=NN2C(=O)CN2CCN(C)CC2)cc1. The van der Waals surface area contributed by atoms with Crippen molar-refractivity contribution in [3.05, 3.63) is 65.7 Å². The third kappa shape index (κ3) is 4.49. The third-order valence-electron chi connectivity index (χ3n) is 5.73. The number of piperazine rings is 1. The molecular formula is C23H28N4O2. The molecule has 0 N–H and O–H groups in total. The lowest BCUT2D eigenvalue weighted by atomic mass is 9.98. The Hall–Kier alpha value is -2.70. The number of carbonyl (C=O) groups is 1. The summed E-state index contributed by atoms with van der Waals surface area (Å²) < 4.78 is 5.29. The third-order valence-corrected chi connectivity index (χ3v) is 5.73. The van der Waals surface area contributed by atoms with Gasteiger partial charge in [0.25, 0.3) is 5.91 Å². The summed E-state index contributed by atoms with van der Waals surface area (Å²) in [6.07, 6.45) is 0.713. The van der Waals surface area contributed by atoms with Gasteiger partial charge in [-0.15, -0.1) is 0 Å². The minimum absolute atomic E-state index is 0.0568. The van der Waals surface area contributed by atoms with Gasteiger partial charge in [0.2, 0.25) is 0 Å². The van der Waals surface area contributed by atoms with Crippen molar-refractivity contribution in [1.29, 1.82) is 0 Å². The Labute approximate surface area is 172 Å². The van der Waals surface area contributed by atoms with Crippen molar-refractivity contribution >= 4 is 11.6 Å². The molecule has 0 spiro atoms. The number of carbonyl (C=O) groups excluding carboxylic acids is 1. The van der Waals surface area contributed by atoms with Crippen molar-refractivity contribution in [3.63, 3.8) is 0 Å². The predicted octanol–water partition coefficient (Wildman–Crippen LogP) is 2.62. The zero-order valence-electron chi connectivity index (χ0n) is 17.1. The monoisotopic (exact) mass is 392 g/mol. The average Bonchev–Trinajstić information content (AvgIpc) is 3.22. The van der Waals surface area contributed by atoms with Crippen LogP contribution in [-0.2, 0) is 4.79 Å². The Morgan fingerprint density at radius 3 is 2.38 bits per heavy atom. The maximum Gasteiger partial charge on any atom is 0.257 e. The molecule has 6 nitrogen and oxygen atoms in total. The lowest BCUT2D eigenvalue weighted by Crippen LogP contribution is -2.48. The molecule has 0 aromatic heterocycles. The Kier molecular flexibility index (Phi) is 5.92. The molecule has 152 valence electrons. The van der Waals surface area contributed by atoms with Gasteiger partial charge in [-0.1, -0.05) is 42.5 Å². The zero-order chi connectivity index (χ0) is 20.2. The Balaban J connectivity index is 1.56. The molecule has 0 bridgehead atoms. The molecule has 2 aliphatic heterocycles. The molecule has 0 saturated carbocycles. The molecule has 2 heterocycles. The summed E-state index contributed by atoms with van der Waals surface area (Å²) in [7, 11) is 3.78. The lowest BCUT2D eigenvalue weighted by molar-refractivity contribution is -0.134. The number of hydrogen-bond donors (Lipinski definition) is 0. The number of benzene rings is 2.